The summed E-state index contributed by atoms with van der Waals surface area (Å²) in [5.41, 5.74) is 1.33. The molecule has 2 unspecified atom stereocenters. The molecule has 0 spiro atoms. The van der Waals surface area contributed by atoms with E-state index in [1.807, 2.05) is 18.4 Å². The molecule has 0 amide bonds. The van der Waals surface area contributed by atoms with Crippen molar-refractivity contribution in [2.24, 2.45) is 0 Å². The number of hydrogen-bond donors (Lipinski definition) is 1. The molecule has 4 heteroatoms. The average molecular weight is 280 g/mol. The quantitative estimate of drug-likeness (QED) is 0.920. The van der Waals surface area contributed by atoms with Crippen LogP contribution in [0, 0.1) is 0 Å². The minimum absolute atomic E-state index is 0.0310. The normalized spacial score (nSPS) is 30.5. The van der Waals surface area contributed by atoms with E-state index in [0.29, 0.717) is 0 Å². The molecule has 106 valence electrons. The van der Waals surface area contributed by atoms with Crippen LogP contribution in [0.15, 0.2) is 0 Å². The van der Waals surface area contributed by atoms with Crippen molar-refractivity contribution in [2.75, 3.05) is 13.7 Å². The van der Waals surface area contributed by atoms with Gasteiger partial charge < -0.3 is 10.1 Å². The van der Waals surface area contributed by atoms with E-state index in [9.17, 15) is 0 Å². The van der Waals surface area contributed by atoms with Crippen molar-refractivity contribution >= 4 is 11.3 Å². The lowest BCUT2D eigenvalue weighted by Crippen LogP contribution is -2.54. The Kier molecular flexibility index (Phi) is 3.92. The summed E-state index contributed by atoms with van der Waals surface area (Å²) >= 11 is 1.93. The standard InChI is InChI=1S/C15H24N2OS/c1-3-16-15(10-5-4-9-13(15)18-2)14-17-11-7-6-8-12(11)19-14/h13,16H,3-10H2,1-2H3. The number of thiazole rings is 1. The van der Waals surface area contributed by atoms with Gasteiger partial charge in [-0.1, -0.05) is 19.8 Å². The van der Waals surface area contributed by atoms with Crippen molar-refractivity contribution in [1.82, 2.24) is 10.3 Å². The second-order valence-electron chi connectivity index (χ2n) is 5.71. The zero-order chi connectivity index (χ0) is 13.3. The molecule has 2 atom stereocenters. The average Bonchev–Trinajstić information content (AvgIpc) is 3.00. The molecule has 3 nitrogen and oxygen atoms in total. The van der Waals surface area contributed by atoms with Crippen LogP contribution in [0.5, 0.6) is 0 Å². The van der Waals surface area contributed by atoms with Crippen LogP contribution in [0.3, 0.4) is 0 Å². The second kappa shape index (κ2) is 5.51. The van der Waals surface area contributed by atoms with Gasteiger partial charge in [0, 0.05) is 12.0 Å². The van der Waals surface area contributed by atoms with Crippen molar-refractivity contribution in [3.63, 3.8) is 0 Å². The molecular weight excluding hydrogens is 256 g/mol. The number of nitrogens with zero attached hydrogens (tertiary/aromatic N) is 1. The fourth-order valence-electron chi connectivity index (χ4n) is 3.68. The molecule has 1 heterocycles. The number of nitrogens with one attached hydrogen (secondary N) is 1. The molecule has 0 radical (unpaired) electrons. The van der Waals surface area contributed by atoms with E-state index < -0.39 is 0 Å². The smallest absolute Gasteiger partial charge is 0.116 e. The van der Waals surface area contributed by atoms with Gasteiger partial charge in [-0.2, -0.15) is 0 Å². The lowest BCUT2D eigenvalue weighted by Gasteiger charge is -2.42. The second-order valence-corrected chi connectivity index (χ2v) is 6.80. The predicted octanol–water partition coefficient (Wildman–Crippen LogP) is 3.03. The third-order valence-corrected chi connectivity index (χ3v) is 5.93. The van der Waals surface area contributed by atoms with Crippen molar-refractivity contribution in [3.8, 4) is 0 Å². The van der Waals surface area contributed by atoms with Crippen LogP contribution in [0.25, 0.3) is 0 Å². The van der Waals surface area contributed by atoms with Gasteiger partial charge in [-0.25, -0.2) is 4.98 Å². The highest BCUT2D eigenvalue weighted by molar-refractivity contribution is 7.12. The molecule has 1 aromatic rings. The van der Waals surface area contributed by atoms with E-state index in [0.717, 1.165) is 19.4 Å². The Morgan fingerprint density at radius 1 is 1.37 bits per heavy atom. The number of ether oxygens (including phenoxy) is 1. The summed E-state index contributed by atoms with van der Waals surface area (Å²) in [4.78, 5) is 6.50. The summed E-state index contributed by atoms with van der Waals surface area (Å²) in [6.45, 7) is 3.16. The maximum absolute atomic E-state index is 5.82. The maximum Gasteiger partial charge on any atom is 0.116 e. The van der Waals surface area contributed by atoms with E-state index >= 15 is 0 Å². The first-order chi connectivity index (χ1) is 9.30. The van der Waals surface area contributed by atoms with Gasteiger partial charge in [0.2, 0.25) is 0 Å². The minimum atomic E-state index is -0.0310. The van der Waals surface area contributed by atoms with Crippen molar-refractivity contribution < 1.29 is 4.74 Å². The predicted molar refractivity (Wildman–Crippen MR) is 78.8 cm³/mol. The Labute approximate surface area is 119 Å². The largest absolute Gasteiger partial charge is 0.379 e. The highest BCUT2D eigenvalue weighted by Crippen LogP contribution is 2.42. The number of aromatic nitrogens is 1. The minimum Gasteiger partial charge on any atom is -0.379 e. The molecule has 1 saturated carbocycles. The van der Waals surface area contributed by atoms with Crippen LogP contribution in [0.1, 0.15) is 54.6 Å². The lowest BCUT2D eigenvalue weighted by molar-refractivity contribution is -0.0148. The molecule has 1 N–H and O–H groups in total. The van der Waals surface area contributed by atoms with Crippen LogP contribution in [-0.4, -0.2) is 24.7 Å². The summed E-state index contributed by atoms with van der Waals surface area (Å²) in [6, 6.07) is 0. The summed E-state index contributed by atoms with van der Waals surface area (Å²) in [5.74, 6) is 0. The Balaban J connectivity index is 1.97. The fraction of sp³-hybridized carbons (Fsp3) is 0.800. The van der Waals surface area contributed by atoms with E-state index in [2.05, 4.69) is 12.2 Å². The lowest BCUT2D eigenvalue weighted by atomic mass is 9.79. The number of methoxy groups -OCH3 is 1. The van der Waals surface area contributed by atoms with Gasteiger partial charge in [0.15, 0.2) is 0 Å². The van der Waals surface area contributed by atoms with Crippen LogP contribution in [0.4, 0.5) is 0 Å². The molecule has 19 heavy (non-hydrogen) atoms. The zero-order valence-corrected chi connectivity index (χ0v) is 12.8. The SMILES string of the molecule is CCNC1(c2nc3c(s2)CCC3)CCCCC1OC. The molecule has 2 aliphatic rings. The van der Waals surface area contributed by atoms with Crippen LogP contribution in [-0.2, 0) is 23.1 Å². The molecule has 1 fully saturated rings. The number of aryl methyl sites for hydroxylation is 2. The van der Waals surface area contributed by atoms with Crippen LogP contribution >= 0.6 is 11.3 Å². The molecule has 0 aliphatic heterocycles. The molecule has 3 rings (SSSR count). The Hall–Kier alpha value is -0.450. The first-order valence-electron chi connectivity index (χ1n) is 7.57. The van der Waals surface area contributed by atoms with Crippen molar-refractivity contribution in [1.29, 1.82) is 0 Å². The number of hydrogen-bond acceptors (Lipinski definition) is 4. The third kappa shape index (κ3) is 2.24. The maximum atomic E-state index is 5.82. The van der Waals surface area contributed by atoms with Gasteiger partial charge in [-0.05, 0) is 38.6 Å². The zero-order valence-electron chi connectivity index (χ0n) is 12.0. The third-order valence-electron chi connectivity index (χ3n) is 4.59. The van der Waals surface area contributed by atoms with Gasteiger partial charge in [0.1, 0.15) is 5.01 Å². The molecule has 1 aromatic heterocycles. The van der Waals surface area contributed by atoms with Gasteiger partial charge in [0.25, 0.3) is 0 Å². The Bertz CT molecular complexity index is 420. The van der Waals surface area contributed by atoms with E-state index in [-0.39, 0.29) is 11.6 Å². The van der Waals surface area contributed by atoms with Crippen molar-refractivity contribution in [3.05, 3.63) is 15.6 Å². The van der Waals surface area contributed by atoms with Gasteiger partial charge in [-0.3, -0.25) is 0 Å². The van der Waals surface area contributed by atoms with Crippen LogP contribution in [0.2, 0.25) is 0 Å². The summed E-state index contributed by atoms with van der Waals surface area (Å²) in [6.07, 6.45) is 8.81. The monoisotopic (exact) mass is 280 g/mol. The Morgan fingerprint density at radius 3 is 3.00 bits per heavy atom. The highest BCUT2D eigenvalue weighted by Gasteiger charge is 2.45. The van der Waals surface area contributed by atoms with Gasteiger partial charge in [0.05, 0.1) is 17.3 Å². The van der Waals surface area contributed by atoms with E-state index in [4.69, 9.17) is 9.72 Å². The van der Waals surface area contributed by atoms with Crippen LogP contribution < -0.4 is 5.32 Å². The molecule has 0 aromatic carbocycles. The molecule has 2 aliphatic carbocycles. The topological polar surface area (TPSA) is 34.2 Å². The number of fused-ring (bicyclic) bond motifs is 1. The molecule has 0 saturated heterocycles. The Morgan fingerprint density at radius 2 is 2.26 bits per heavy atom. The van der Waals surface area contributed by atoms with E-state index in [1.54, 1.807) is 0 Å². The van der Waals surface area contributed by atoms with E-state index in [1.165, 1.54) is 47.7 Å². The fourth-order valence-corrected chi connectivity index (χ4v) is 5.07. The number of rotatable bonds is 4. The first kappa shape index (κ1) is 13.5. The first-order valence-corrected chi connectivity index (χ1v) is 8.38. The highest BCUT2D eigenvalue weighted by atomic mass is 32.1. The summed E-state index contributed by atoms with van der Waals surface area (Å²) < 4.78 is 5.82. The van der Waals surface area contributed by atoms with Crippen molar-refractivity contribution in [2.45, 2.75) is 63.5 Å². The molecule has 0 bridgehead atoms. The molecular formula is C15H24N2OS. The number of likely N-dealkylation sites (N-methyl/N-ethyl adjacent to an activating group) is 1. The summed E-state index contributed by atoms with van der Waals surface area (Å²) in [5, 5.41) is 5.01. The summed E-state index contributed by atoms with van der Waals surface area (Å²) in [7, 11) is 1.85. The van der Waals surface area contributed by atoms with Gasteiger partial charge in [-0.15, -0.1) is 11.3 Å². The van der Waals surface area contributed by atoms with Gasteiger partial charge >= 0.3 is 0 Å².